The lowest BCUT2D eigenvalue weighted by atomic mass is 10.1. The molecule has 0 N–H and O–H groups in total. The Balaban J connectivity index is 0.000000686. The summed E-state index contributed by atoms with van der Waals surface area (Å²) in [4.78, 5) is 0. The molecule has 0 amide bonds. The topological polar surface area (TPSA) is 18.5 Å². The first-order chi connectivity index (χ1) is 8.34. The zero-order chi connectivity index (χ0) is 12.5. The molecule has 1 aromatic carbocycles. The van der Waals surface area contributed by atoms with Gasteiger partial charge in [-0.05, 0) is 43.9 Å². The van der Waals surface area contributed by atoms with Crippen molar-refractivity contribution >= 4 is 0 Å². The Morgan fingerprint density at radius 3 is 2.76 bits per heavy atom. The molecule has 0 aromatic heterocycles. The molecule has 96 valence electrons. The molecular formula is C15H24O2. The minimum Gasteiger partial charge on any atom is -0.491 e. The molecule has 1 saturated heterocycles. The standard InChI is InChI=1S/C13H18O2.C2H6/c1-11-5-4-7-12(9-11)15-10-13-6-2-3-8-14-13;1-2/h4-5,7,9,13H,2-3,6,8,10H2,1H3;1-2H3. The number of benzene rings is 1. The number of rotatable bonds is 3. The molecule has 1 atom stereocenters. The zero-order valence-electron chi connectivity index (χ0n) is 11.2. The van der Waals surface area contributed by atoms with Crippen LogP contribution in [0.1, 0.15) is 38.7 Å². The normalized spacial score (nSPS) is 19.1. The average Bonchev–Trinajstić information content (AvgIpc) is 2.40. The van der Waals surface area contributed by atoms with Crippen molar-refractivity contribution in [3.8, 4) is 5.75 Å². The highest BCUT2D eigenvalue weighted by Gasteiger charge is 2.14. The van der Waals surface area contributed by atoms with E-state index in [0.717, 1.165) is 18.8 Å². The van der Waals surface area contributed by atoms with Crippen LogP contribution < -0.4 is 4.74 Å². The van der Waals surface area contributed by atoms with E-state index in [9.17, 15) is 0 Å². The molecule has 0 bridgehead atoms. The summed E-state index contributed by atoms with van der Waals surface area (Å²) in [7, 11) is 0. The summed E-state index contributed by atoms with van der Waals surface area (Å²) in [5.74, 6) is 0.948. The maximum absolute atomic E-state index is 5.70. The van der Waals surface area contributed by atoms with E-state index in [0.29, 0.717) is 12.7 Å². The van der Waals surface area contributed by atoms with Gasteiger partial charge in [-0.25, -0.2) is 0 Å². The van der Waals surface area contributed by atoms with Gasteiger partial charge in [0.05, 0.1) is 6.10 Å². The molecular weight excluding hydrogens is 212 g/mol. The van der Waals surface area contributed by atoms with Crippen molar-refractivity contribution in [3.63, 3.8) is 0 Å². The van der Waals surface area contributed by atoms with E-state index in [1.165, 1.54) is 18.4 Å². The molecule has 0 saturated carbocycles. The fraction of sp³-hybridized carbons (Fsp3) is 0.600. The summed E-state index contributed by atoms with van der Waals surface area (Å²) in [6.45, 7) is 7.65. The molecule has 2 rings (SSSR count). The Morgan fingerprint density at radius 2 is 2.12 bits per heavy atom. The van der Waals surface area contributed by atoms with E-state index >= 15 is 0 Å². The lowest BCUT2D eigenvalue weighted by molar-refractivity contribution is -0.0110. The van der Waals surface area contributed by atoms with E-state index in [1.54, 1.807) is 0 Å². The highest BCUT2D eigenvalue weighted by molar-refractivity contribution is 5.27. The lowest BCUT2D eigenvalue weighted by Gasteiger charge is -2.22. The van der Waals surface area contributed by atoms with Gasteiger partial charge in [0.15, 0.2) is 0 Å². The van der Waals surface area contributed by atoms with Crippen LogP contribution in [0.3, 0.4) is 0 Å². The van der Waals surface area contributed by atoms with Crippen LogP contribution >= 0.6 is 0 Å². The van der Waals surface area contributed by atoms with Crippen LogP contribution in [-0.4, -0.2) is 19.3 Å². The number of hydrogen-bond acceptors (Lipinski definition) is 2. The first kappa shape index (κ1) is 14.0. The maximum Gasteiger partial charge on any atom is 0.119 e. The summed E-state index contributed by atoms with van der Waals surface area (Å²) in [6, 6.07) is 8.15. The summed E-state index contributed by atoms with van der Waals surface area (Å²) in [5, 5.41) is 0. The van der Waals surface area contributed by atoms with Crippen molar-refractivity contribution in [2.75, 3.05) is 13.2 Å². The molecule has 17 heavy (non-hydrogen) atoms. The quantitative estimate of drug-likeness (QED) is 0.790. The third-order valence-electron chi connectivity index (χ3n) is 2.70. The van der Waals surface area contributed by atoms with Gasteiger partial charge in [-0.1, -0.05) is 26.0 Å². The first-order valence-electron chi connectivity index (χ1n) is 6.66. The van der Waals surface area contributed by atoms with Gasteiger partial charge in [-0.3, -0.25) is 0 Å². The minimum absolute atomic E-state index is 0.291. The van der Waals surface area contributed by atoms with Gasteiger partial charge >= 0.3 is 0 Å². The molecule has 1 aliphatic rings. The molecule has 0 radical (unpaired) electrons. The van der Waals surface area contributed by atoms with E-state index in [1.807, 2.05) is 26.0 Å². The predicted octanol–water partition coefficient (Wildman–Crippen LogP) is 3.97. The van der Waals surface area contributed by atoms with Gasteiger partial charge in [0.1, 0.15) is 12.4 Å². The second-order valence-electron chi connectivity index (χ2n) is 4.12. The van der Waals surface area contributed by atoms with Crippen LogP contribution in [-0.2, 0) is 4.74 Å². The van der Waals surface area contributed by atoms with E-state index in [4.69, 9.17) is 9.47 Å². The van der Waals surface area contributed by atoms with E-state index < -0.39 is 0 Å². The highest BCUT2D eigenvalue weighted by Crippen LogP contribution is 2.16. The Hall–Kier alpha value is -1.02. The van der Waals surface area contributed by atoms with Gasteiger partial charge in [0.25, 0.3) is 0 Å². The van der Waals surface area contributed by atoms with Crippen molar-refractivity contribution in [2.24, 2.45) is 0 Å². The highest BCUT2D eigenvalue weighted by atomic mass is 16.5. The van der Waals surface area contributed by atoms with Gasteiger partial charge in [-0.2, -0.15) is 0 Å². The number of ether oxygens (including phenoxy) is 2. The molecule has 1 fully saturated rings. The van der Waals surface area contributed by atoms with Crippen LogP contribution in [0.2, 0.25) is 0 Å². The van der Waals surface area contributed by atoms with Gasteiger partial charge in [0.2, 0.25) is 0 Å². The van der Waals surface area contributed by atoms with Gasteiger partial charge in [-0.15, -0.1) is 0 Å². The summed E-state index contributed by atoms with van der Waals surface area (Å²) in [6.07, 6.45) is 3.88. The fourth-order valence-corrected chi connectivity index (χ4v) is 1.83. The molecule has 2 nitrogen and oxygen atoms in total. The average molecular weight is 236 g/mol. The Kier molecular flexibility index (Phi) is 6.71. The largest absolute Gasteiger partial charge is 0.491 e. The smallest absolute Gasteiger partial charge is 0.119 e. The summed E-state index contributed by atoms with van der Waals surface area (Å²) >= 11 is 0. The molecule has 0 aliphatic carbocycles. The SMILES string of the molecule is CC.Cc1cccc(OCC2CCCCO2)c1. The van der Waals surface area contributed by atoms with Crippen LogP contribution in [0.5, 0.6) is 5.75 Å². The van der Waals surface area contributed by atoms with Crippen LogP contribution in [0, 0.1) is 6.92 Å². The Bertz CT molecular complexity index is 304. The Morgan fingerprint density at radius 1 is 1.29 bits per heavy atom. The van der Waals surface area contributed by atoms with E-state index in [-0.39, 0.29) is 0 Å². The molecule has 0 spiro atoms. The first-order valence-corrected chi connectivity index (χ1v) is 6.66. The summed E-state index contributed by atoms with van der Waals surface area (Å²) < 4.78 is 11.3. The van der Waals surface area contributed by atoms with Crippen molar-refractivity contribution < 1.29 is 9.47 Å². The minimum atomic E-state index is 0.291. The predicted molar refractivity (Wildman–Crippen MR) is 71.6 cm³/mol. The summed E-state index contributed by atoms with van der Waals surface area (Å²) in [5.41, 5.74) is 1.23. The monoisotopic (exact) mass is 236 g/mol. The van der Waals surface area contributed by atoms with E-state index in [2.05, 4.69) is 19.1 Å². The third kappa shape index (κ3) is 5.22. The van der Waals surface area contributed by atoms with Crippen molar-refractivity contribution in [3.05, 3.63) is 29.8 Å². The maximum atomic E-state index is 5.70. The molecule has 1 heterocycles. The molecule has 1 aliphatic heterocycles. The molecule has 2 heteroatoms. The van der Waals surface area contributed by atoms with Crippen molar-refractivity contribution in [1.29, 1.82) is 0 Å². The second kappa shape index (κ2) is 8.13. The number of hydrogen-bond donors (Lipinski definition) is 0. The van der Waals surface area contributed by atoms with Gasteiger partial charge < -0.3 is 9.47 Å². The van der Waals surface area contributed by atoms with Crippen LogP contribution in [0.4, 0.5) is 0 Å². The number of aryl methyl sites for hydroxylation is 1. The van der Waals surface area contributed by atoms with Crippen molar-refractivity contribution in [1.82, 2.24) is 0 Å². The second-order valence-corrected chi connectivity index (χ2v) is 4.12. The molecule has 1 unspecified atom stereocenters. The van der Waals surface area contributed by atoms with Crippen LogP contribution in [0.25, 0.3) is 0 Å². The molecule has 1 aromatic rings. The fourth-order valence-electron chi connectivity index (χ4n) is 1.83. The Labute approximate surface area is 105 Å². The zero-order valence-corrected chi connectivity index (χ0v) is 11.2. The lowest BCUT2D eigenvalue weighted by Crippen LogP contribution is -2.25. The van der Waals surface area contributed by atoms with Gasteiger partial charge in [0, 0.05) is 6.61 Å². The van der Waals surface area contributed by atoms with Crippen molar-refractivity contribution in [2.45, 2.75) is 46.1 Å². The van der Waals surface area contributed by atoms with Crippen LogP contribution in [0.15, 0.2) is 24.3 Å². The third-order valence-corrected chi connectivity index (χ3v) is 2.70.